The molecule has 0 saturated carbocycles. The minimum atomic E-state index is -3.54. The van der Waals surface area contributed by atoms with Crippen LogP contribution < -0.4 is 9.73 Å². The molecule has 20 heavy (non-hydrogen) atoms. The molecule has 1 rings (SSSR count). The molecule has 1 aromatic carbocycles. The van der Waals surface area contributed by atoms with Crippen molar-refractivity contribution in [3.8, 4) is 0 Å². The number of nitrogens with zero attached hydrogens (tertiary/aromatic N) is 2. The third-order valence-electron chi connectivity index (χ3n) is 2.21. The molecule has 0 aliphatic rings. The molecule has 1 aromatic rings. The maximum atomic E-state index is 11.8. The summed E-state index contributed by atoms with van der Waals surface area (Å²) in [5, 5.41) is 3.76. The third-order valence-corrected chi connectivity index (χ3v) is 4.07. The van der Waals surface area contributed by atoms with E-state index in [0.717, 1.165) is 14.1 Å². The van der Waals surface area contributed by atoms with Crippen molar-refractivity contribution in [2.45, 2.75) is 13.8 Å². The molecular formula is C12H16IN3O3S. The number of amides is 1. The lowest BCUT2D eigenvalue weighted by atomic mass is 10.3. The predicted octanol–water partition coefficient (Wildman–Crippen LogP) is 1.57. The summed E-state index contributed by atoms with van der Waals surface area (Å²) in [6.07, 6.45) is 1.06. The Morgan fingerprint density at radius 1 is 1.30 bits per heavy atom. The molecule has 1 amide bonds. The number of hydrogen-bond acceptors (Lipinski definition) is 4. The standard InChI is InChI=1S/C12H16IN3O3S/c1-9(2)14-15-12(17)8-16(20(3,18)19)11-6-4-10(13)5-7-11/h4-7H,8H2,1-3H3,(H,15,17). The monoisotopic (exact) mass is 409 g/mol. The number of hydrazone groups is 1. The number of anilines is 1. The predicted molar refractivity (Wildman–Crippen MR) is 88.3 cm³/mol. The number of nitrogens with one attached hydrogen (secondary N) is 1. The minimum Gasteiger partial charge on any atom is -0.271 e. The molecule has 8 heteroatoms. The highest BCUT2D eigenvalue weighted by Gasteiger charge is 2.20. The van der Waals surface area contributed by atoms with Gasteiger partial charge in [0.15, 0.2) is 0 Å². The van der Waals surface area contributed by atoms with Crippen LogP contribution in [0.15, 0.2) is 29.4 Å². The van der Waals surface area contributed by atoms with Crippen LogP contribution in [0.1, 0.15) is 13.8 Å². The van der Waals surface area contributed by atoms with E-state index in [1.54, 1.807) is 38.1 Å². The van der Waals surface area contributed by atoms with E-state index in [9.17, 15) is 13.2 Å². The zero-order chi connectivity index (χ0) is 15.3. The average Bonchev–Trinajstić information content (AvgIpc) is 2.33. The molecule has 0 aliphatic heterocycles. The molecule has 0 heterocycles. The van der Waals surface area contributed by atoms with Crippen molar-refractivity contribution >= 4 is 49.9 Å². The van der Waals surface area contributed by atoms with E-state index in [2.05, 4.69) is 33.1 Å². The van der Waals surface area contributed by atoms with Crippen LogP contribution in [0.25, 0.3) is 0 Å². The fraction of sp³-hybridized carbons (Fsp3) is 0.333. The van der Waals surface area contributed by atoms with E-state index in [1.807, 2.05) is 0 Å². The normalized spacial score (nSPS) is 10.8. The molecule has 0 radical (unpaired) electrons. The van der Waals surface area contributed by atoms with Crippen molar-refractivity contribution < 1.29 is 13.2 Å². The Balaban J connectivity index is 2.95. The fourth-order valence-electron chi connectivity index (χ4n) is 1.35. The molecule has 0 aliphatic carbocycles. The highest BCUT2D eigenvalue weighted by molar-refractivity contribution is 14.1. The van der Waals surface area contributed by atoms with Gasteiger partial charge in [-0.15, -0.1) is 0 Å². The van der Waals surface area contributed by atoms with Crippen LogP contribution in [-0.2, 0) is 14.8 Å². The van der Waals surface area contributed by atoms with Gasteiger partial charge in [-0.2, -0.15) is 5.10 Å². The lowest BCUT2D eigenvalue weighted by molar-refractivity contribution is -0.119. The van der Waals surface area contributed by atoms with Gasteiger partial charge in [0.25, 0.3) is 5.91 Å². The fourth-order valence-corrected chi connectivity index (χ4v) is 2.56. The summed E-state index contributed by atoms with van der Waals surface area (Å²) in [6.45, 7) is 3.15. The smallest absolute Gasteiger partial charge is 0.260 e. The number of carbonyl (C=O) groups excluding carboxylic acids is 1. The van der Waals surface area contributed by atoms with E-state index < -0.39 is 15.9 Å². The lowest BCUT2D eigenvalue weighted by Crippen LogP contribution is -2.39. The maximum Gasteiger partial charge on any atom is 0.260 e. The quantitative estimate of drug-likeness (QED) is 0.456. The first kappa shape index (κ1) is 16.9. The van der Waals surface area contributed by atoms with Crippen molar-refractivity contribution in [1.82, 2.24) is 5.43 Å². The Labute approximate surface area is 132 Å². The highest BCUT2D eigenvalue weighted by atomic mass is 127. The summed E-state index contributed by atoms with van der Waals surface area (Å²) < 4.78 is 25.6. The van der Waals surface area contributed by atoms with Gasteiger partial charge in [-0.25, -0.2) is 13.8 Å². The highest BCUT2D eigenvalue weighted by Crippen LogP contribution is 2.18. The van der Waals surface area contributed by atoms with Gasteiger partial charge in [0, 0.05) is 9.28 Å². The first-order valence-electron chi connectivity index (χ1n) is 5.73. The molecule has 0 atom stereocenters. The SMILES string of the molecule is CC(C)=NNC(=O)CN(c1ccc(I)cc1)S(C)(=O)=O. The van der Waals surface area contributed by atoms with Gasteiger partial charge in [-0.1, -0.05) is 0 Å². The van der Waals surface area contributed by atoms with Crippen molar-refractivity contribution in [1.29, 1.82) is 0 Å². The Bertz CT molecular complexity index is 607. The van der Waals surface area contributed by atoms with Crippen molar-refractivity contribution in [2.75, 3.05) is 17.1 Å². The number of benzene rings is 1. The summed E-state index contributed by atoms with van der Waals surface area (Å²) in [6, 6.07) is 6.87. The molecule has 0 spiro atoms. The van der Waals surface area contributed by atoms with Crippen LogP contribution in [0, 0.1) is 3.57 Å². The van der Waals surface area contributed by atoms with Gasteiger partial charge < -0.3 is 0 Å². The number of rotatable bonds is 5. The van der Waals surface area contributed by atoms with Crippen molar-refractivity contribution in [3.05, 3.63) is 27.8 Å². The van der Waals surface area contributed by atoms with Crippen LogP contribution in [0.3, 0.4) is 0 Å². The van der Waals surface area contributed by atoms with Gasteiger partial charge >= 0.3 is 0 Å². The Morgan fingerprint density at radius 3 is 2.30 bits per heavy atom. The first-order chi connectivity index (χ1) is 9.20. The molecule has 1 N–H and O–H groups in total. The maximum absolute atomic E-state index is 11.8. The van der Waals surface area contributed by atoms with Gasteiger partial charge in [0.1, 0.15) is 6.54 Å². The summed E-state index contributed by atoms with van der Waals surface area (Å²) in [5.41, 5.74) is 3.43. The molecule has 110 valence electrons. The summed E-state index contributed by atoms with van der Waals surface area (Å²) >= 11 is 2.12. The van der Waals surface area contributed by atoms with Gasteiger partial charge in [0.2, 0.25) is 10.0 Å². The Morgan fingerprint density at radius 2 is 1.85 bits per heavy atom. The number of sulfonamides is 1. The van der Waals surface area contributed by atoms with Crippen LogP contribution >= 0.6 is 22.6 Å². The molecular weight excluding hydrogens is 393 g/mol. The zero-order valence-electron chi connectivity index (χ0n) is 11.4. The second kappa shape index (κ2) is 7.02. The zero-order valence-corrected chi connectivity index (χ0v) is 14.4. The van der Waals surface area contributed by atoms with E-state index in [0.29, 0.717) is 11.4 Å². The van der Waals surface area contributed by atoms with Gasteiger partial charge in [-0.3, -0.25) is 9.10 Å². The lowest BCUT2D eigenvalue weighted by Gasteiger charge is -2.21. The number of carbonyl (C=O) groups is 1. The number of halogens is 1. The van der Waals surface area contributed by atoms with Crippen molar-refractivity contribution in [3.63, 3.8) is 0 Å². The largest absolute Gasteiger partial charge is 0.271 e. The first-order valence-corrected chi connectivity index (χ1v) is 8.66. The van der Waals surface area contributed by atoms with Gasteiger partial charge in [-0.05, 0) is 60.7 Å². The van der Waals surface area contributed by atoms with Crippen LogP contribution in [-0.4, -0.2) is 32.8 Å². The van der Waals surface area contributed by atoms with Gasteiger partial charge in [0.05, 0.1) is 11.9 Å². The summed E-state index contributed by atoms with van der Waals surface area (Å²) in [7, 11) is -3.54. The summed E-state index contributed by atoms with van der Waals surface area (Å²) in [4.78, 5) is 11.7. The summed E-state index contributed by atoms with van der Waals surface area (Å²) in [5.74, 6) is -0.491. The topological polar surface area (TPSA) is 78.8 Å². The molecule has 6 nitrogen and oxygen atoms in total. The molecule has 0 fully saturated rings. The molecule has 0 saturated heterocycles. The molecule has 0 unspecified atom stereocenters. The molecule has 0 aromatic heterocycles. The van der Waals surface area contributed by atoms with Crippen LogP contribution in [0.4, 0.5) is 5.69 Å². The molecule has 0 bridgehead atoms. The van der Waals surface area contributed by atoms with Crippen LogP contribution in [0.2, 0.25) is 0 Å². The van der Waals surface area contributed by atoms with Crippen molar-refractivity contribution in [2.24, 2.45) is 5.10 Å². The number of hydrogen-bond donors (Lipinski definition) is 1. The van der Waals surface area contributed by atoms with E-state index >= 15 is 0 Å². The second-order valence-electron chi connectivity index (χ2n) is 4.34. The Kier molecular flexibility index (Phi) is 5.93. The minimum absolute atomic E-state index is 0.309. The Hall–Kier alpha value is -1.16. The average molecular weight is 409 g/mol. The third kappa shape index (κ3) is 5.45. The second-order valence-corrected chi connectivity index (χ2v) is 7.49. The van der Waals surface area contributed by atoms with E-state index in [-0.39, 0.29) is 6.54 Å². The van der Waals surface area contributed by atoms with E-state index in [1.165, 1.54) is 0 Å². The van der Waals surface area contributed by atoms with E-state index in [4.69, 9.17) is 0 Å². The van der Waals surface area contributed by atoms with Crippen LogP contribution in [0.5, 0.6) is 0 Å².